The monoisotopic (exact) mass is 362 g/mol. The fourth-order valence-corrected chi connectivity index (χ4v) is 4.05. The van der Waals surface area contributed by atoms with Crippen LogP contribution in [0, 0.1) is 0 Å². The van der Waals surface area contributed by atoms with E-state index < -0.39 is 0 Å². The number of thiophene rings is 1. The predicted octanol–water partition coefficient (Wildman–Crippen LogP) is 3.90. The third-order valence-electron chi connectivity index (χ3n) is 4.37. The lowest BCUT2D eigenvalue weighted by atomic mass is 10.2. The second kappa shape index (κ2) is 6.00. The van der Waals surface area contributed by atoms with E-state index in [4.69, 9.17) is 9.47 Å². The van der Waals surface area contributed by atoms with Gasteiger partial charge in [-0.2, -0.15) is 0 Å². The summed E-state index contributed by atoms with van der Waals surface area (Å²) >= 11 is 1.53. The number of aromatic nitrogens is 2. The SMILES string of the molecule is O=c1c2cc(-c3ccccc3)sc2ncn1Cc1ccc2c(c1)OCO2. The first kappa shape index (κ1) is 15.2. The minimum atomic E-state index is -0.0360. The Kier molecular flexibility index (Phi) is 3.50. The zero-order valence-electron chi connectivity index (χ0n) is 13.7. The Hall–Kier alpha value is -3.12. The molecule has 1 aliphatic heterocycles. The van der Waals surface area contributed by atoms with Crippen molar-refractivity contribution in [3.05, 3.63) is 76.8 Å². The van der Waals surface area contributed by atoms with Crippen LogP contribution in [0.4, 0.5) is 0 Å². The number of rotatable bonds is 3. The van der Waals surface area contributed by atoms with Crippen molar-refractivity contribution in [3.8, 4) is 21.9 Å². The maximum atomic E-state index is 12.9. The smallest absolute Gasteiger partial charge is 0.262 e. The van der Waals surface area contributed by atoms with Crippen molar-refractivity contribution >= 4 is 21.6 Å². The summed E-state index contributed by atoms with van der Waals surface area (Å²) in [7, 11) is 0. The van der Waals surface area contributed by atoms with Gasteiger partial charge in [0.15, 0.2) is 11.5 Å². The number of fused-ring (bicyclic) bond motifs is 2. The van der Waals surface area contributed by atoms with Crippen LogP contribution >= 0.6 is 11.3 Å². The lowest BCUT2D eigenvalue weighted by molar-refractivity contribution is 0.174. The van der Waals surface area contributed by atoms with Crippen molar-refractivity contribution in [2.24, 2.45) is 0 Å². The molecule has 0 saturated carbocycles. The quantitative estimate of drug-likeness (QED) is 0.555. The van der Waals surface area contributed by atoms with Crippen molar-refractivity contribution in [1.82, 2.24) is 9.55 Å². The summed E-state index contributed by atoms with van der Waals surface area (Å²) in [6.45, 7) is 0.679. The molecule has 0 fully saturated rings. The lowest BCUT2D eigenvalue weighted by Gasteiger charge is -2.06. The van der Waals surface area contributed by atoms with Crippen molar-refractivity contribution in [1.29, 1.82) is 0 Å². The standard InChI is InChI=1S/C20H14N2O3S/c23-20-15-9-18(14-4-2-1-3-5-14)26-19(15)21-11-22(20)10-13-6-7-16-17(8-13)25-12-24-16/h1-9,11H,10,12H2. The fraction of sp³-hybridized carbons (Fsp3) is 0.100. The van der Waals surface area contributed by atoms with Crippen LogP contribution < -0.4 is 15.0 Å². The van der Waals surface area contributed by atoms with Gasteiger partial charge in [-0.3, -0.25) is 9.36 Å². The van der Waals surface area contributed by atoms with E-state index in [1.54, 1.807) is 10.9 Å². The van der Waals surface area contributed by atoms with Gasteiger partial charge in [-0.1, -0.05) is 36.4 Å². The van der Waals surface area contributed by atoms with Crippen molar-refractivity contribution in [2.75, 3.05) is 6.79 Å². The van der Waals surface area contributed by atoms with E-state index in [1.807, 2.05) is 54.6 Å². The van der Waals surface area contributed by atoms with Crippen LogP contribution in [0.5, 0.6) is 11.5 Å². The highest BCUT2D eigenvalue weighted by Crippen LogP contribution is 2.33. The highest BCUT2D eigenvalue weighted by atomic mass is 32.1. The average molecular weight is 362 g/mol. The summed E-state index contributed by atoms with van der Waals surface area (Å²) in [4.78, 5) is 19.2. The normalized spacial score (nSPS) is 12.6. The highest BCUT2D eigenvalue weighted by molar-refractivity contribution is 7.21. The van der Waals surface area contributed by atoms with E-state index in [0.29, 0.717) is 17.7 Å². The molecule has 5 nitrogen and oxygen atoms in total. The van der Waals surface area contributed by atoms with Crippen molar-refractivity contribution < 1.29 is 9.47 Å². The number of hydrogen-bond donors (Lipinski definition) is 0. The molecule has 1 aliphatic rings. The predicted molar refractivity (Wildman–Crippen MR) is 101 cm³/mol. The minimum Gasteiger partial charge on any atom is -0.454 e. The van der Waals surface area contributed by atoms with Crippen LogP contribution in [0.2, 0.25) is 0 Å². The molecule has 5 rings (SSSR count). The maximum absolute atomic E-state index is 12.9. The van der Waals surface area contributed by atoms with Crippen LogP contribution in [0.25, 0.3) is 20.7 Å². The lowest BCUT2D eigenvalue weighted by Crippen LogP contribution is -2.20. The summed E-state index contributed by atoms with van der Waals surface area (Å²) in [6.07, 6.45) is 1.61. The number of nitrogens with zero attached hydrogens (tertiary/aromatic N) is 2. The average Bonchev–Trinajstić information content (AvgIpc) is 3.31. The van der Waals surface area contributed by atoms with Gasteiger partial charge in [0.1, 0.15) is 4.83 Å². The van der Waals surface area contributed by atoms with E-state index in [9.17, 15) is 4.79 Å². The molecule has 2 aromatic heterocycles. The van der Waals surface area contributed by atoms with Crippen molar-refractivity contribution in [2.45, 2.75) is 6.54 Å². The Morgan fingerprint density at radius 2 is 1.88 bits per heavy atom. The topological polar surface area (TPSA) is 53.4 Å². The molecule has 0 saturated heterocycles. The van der Waals surface area contributed by atoms with E-state index in [0.717, 1.165) is 26.6 Å². The molecule has 6 heteroatoms. The van der Waals surface area contributed by atoms with Crippen LogP contribution in [0.3, 0.4) is 0 Å². The molecule has 0 spiro atoms. The molecule has 128 valence electrons. The van der Waals surface area contributed by atoms with Crippen molar-refractivity contribution in [3.63, 3.8) is 0 Å². The Balaban J connectivity index is 1.53. The molecule has 4 aromatic rings. The molecular formula is C20H14N2O3S. The zero-order chi connectivity index (χ0) is 17.5. The molecule has 0 N–H and O–H groups in total. The van der Waals surface area contributed by atoms with Gasteiger partial charge >= 0.3 is 0 Å². The Morgan fingerprint density at radius 3 is 2.77 bits per heavy atom. The van der Waals surface area contributed by atoms with Gasteiger partial charge in [-0.05, 0) is 29.3 Å². The Bertz CT molecular complexity index is 1160. The third kappa shape index (κ3) is 2.55. The second-order valence-electron chi connectivity index (χ2n) is 6.06. The van der Waals surface area contributed by atoms with E-state index >= 15 is 0 Å². The summed E-state index contributed by atoms with van der Waals surface area (Å²) in [6, 6.07) is 17.7. The van der Waals surface area contributed by atoms with Gasteiger partial charge in [0, 0.05) is 4.88 Å². The first-order valence-corrected chi connectivity index (χ1v) is 9.02. The van der Waals surface area contributed by atoms with Crippen LogP contribution in [-0.2, 0) is 6.54 Å². The van der Waals surface area contributed by atoms with Gasteiger partial charge in [-0.25, -0.2) is 4.98 Å². The van der Waals surface area contributed by atoms with E-state index in [-0.39, 0.29) is 12.4 Å². The molecule has 3 heterocycles. The van der Waals surface area contributed by atoms with E-state index in [2.05, 4.69) is 4.98 Å². The summed E-state index contributed by atoms with van der Waals surface area (Å²) < 4.78 is 12.4. The molecule has 26 heavy (non-hydrogen) atoms. The number of hydrogen-bond acceptors (Lipinski definition) is 5. The van der Waals surface area contributed by atoms with Gasteiger partial charge in [0.2, 0.25) is 6.79 Å². The molecule has 0 amide bonds. The maximum Gasteiger partial charge on any atom is 0.262 e. The van der Waals surface area contributed by atoms with E-state index in [1.165, 1.54) is 11.3 Å². The minimum absolute atomic E-state index is 0.0360. The second-order valence-corrected chi connectivity index (χ2v) is 7.09. The molecule has 2 aromatic carbocycles. The molecule has 0 bridgehead atoms. The number of ether oxygens (including phenoxy) is 2. The summed E-state index contributed by atoms with van der Waals surface area (Å²) in [5.74, 6) is 1.45. The summed E-state index contributed by atoms with van der Waals surface area (Å²) in [5, 5.41) is 0.650. The van der Waals surface area contributed by atoms with Gasteiger partial charge in [0.05, 0.1) is 18.3 Å². The van der Waals surface area contributed by atoms with Gasteiger partial charge in [0.25, 0.3) is 5.56 Å². The first-order chi connectivity index (χ1) is 12.8. The van der Waals surface area contributed by atoms with Gasteiger partial charge < -0.3 is 9.47 Å². The highest BCUT2D eigenvalue weighted by Gasteiger charge is 2.14. The third-order valence-corrected chi connectivity index (χ3v) is 5.46. The molecule has 0 atom stereocenters. The Labute approximate surface area is 153 Å². The number of benzene rings is 2. The first-order valence-electron chi connectivity index (χ1n) is 8.21. The summed E-state index contributed by atoms with van der Waals surface area (Å²) in [5.41, 5.74) is 2.03. The molecule has 0 radical (unpaired) electrons. The van der Waals surface area contributed by atoms with Crippen LogP contribution in [-0.4, -0.2) is 16.3 Å². The molecule has 0 aliphatic carbocycles. The molecular weight excluding hydrogens is 348 g/mol. The van der Waals surface area contributed by atoms with Crippen LogP contribution in [0.1, 0.15) is 5.56 Å². The fourth-order valence-electron chi connectivity index (χ4n) is 3.05. The largest absolute Gasteiger partial charge is 0.454 e. The van der Waals surface area contributed by atoms with Gasteiger partial charge in [-0.15, -0.1) is 11.3 Å². The Morgan fingerprint density at radius 1 is 1.04 bits per heavy atom. The molecule has 0 unspecified atom stereocenters. The van der Waals surface area contributed by atoms with Crippen LogP contribution in [0.15, 0.2) is 65.7 Å². The zero-order valence-corrected chi connectivity index (χ0v) is 14.5.